The van der Waals surface area contributed by atoms with Gasteiger partial charge in [0.2, 0.25) is 0 Å². The van der Waals surface area contributed by atoms with Crippen molar-refractivity contribution in [1.29, 1.82) is 0 Å². The zero-order chi connectivity index (χ0) is 12.4. The van der Waals surface area contributed by atoms with Gasteiger partial charge in [0, 0.05) is 13.1 Å². The van der Waals surface area contributed by atoms with E-state index < -0.39 is 30.6 Å². The van der Waals surface area contributed by atoms with Gasteiger partial charge < -0.3 is 25.2 Å². The summed E-state index contributed by atoms with van der Waals surface area (Å²) in [6.07, 6.45) is -1.88. The maximum Gasteiger partial charge on any atom is 0.140 e. The molecule has 0 bridgehead atoms. The minimum atomic E-state index is -1.27. The number of aliphatic hydroxyl groups is 4. The number of ether oxygens (including phenoxy) is 1. The molecule has 2 fully saturated rings. The van der Waals surface area contributed by atoms with Crippen molar-refractivity contribution in [3.63, 3.8) is 0 Å². The third-order valence-corrected chi connectivity index (χ3v) is 3.62. The third-order valence-electron chi connectivity index (χ3n) is 3.62. The van der Waals surface area contributed by atoms with E-state index >= 15 is 0 Å². The van der Waals surface area contributed by atoms with Gasteiger partial charge in [-0.1, -0.05) is 6.42 Å². The fraction of sp³-hybridized carbons (Fsp3) is 1.00. The minimum Gasteiger partial charge on any atom is -0.394 e. The lowest BCUT2D eigenvalue weighted by atomic mass is 9.97. The Bertz CT molecular complexity index is 242. The lowest BCUT2D eigenvalue weighted by Gasteiger charge is -2.45. The summed E-state index contributed by atoms with van der Waals surface area (Å²) < 4.78 is 5.49. The van der Waals surface area contributed by atoms with Gasteiger partial charge in [-0.05, 0) is 12.8 Å². The first-order valence-corrected chi connectivity index (χ1v) is 6.19. The monoisotopic (exact) mass is 247 g/mol. The fourth-order valence-electron chi connectivity index (χ4n) is 2.56. The van der Waals surface area contributed by atoms with Crippen molar-refractivity contribution in [1.82, 2.24) is 4.90 Å². The van der Waals surface area contributed by atoms with E-state index in [4.69, 9.17) is 9.84 Å². The van der Waals surface area contributed by atoms with Crippen LogP contribution in [0.25, 0.3) is 0 Å². The summed E-state index contributed by atoms with van der Waals surface area (Å²) >= 11 is 0. The molecule has 2 aliphatic heterocycles. The van der Waals surface area contributed by atoms with Gasteiger partial charge in [0.1, 0.15) is 30.6 Å². The van der Waals surface area contributed by atoms with Crippen LogP contribution in [0.1, 0.15) is 19.3 Å². The average Bonchev–Trinajstić information content (AvgIpc) is 2.37. The van der Waals surface area contributed by atoms with Gasteiger partial charge in [-0.3, -0.25) is 4.90 Å². The van der Waals surface area contributed by atoms with Crippen molar-refractivity contribution in [2.75, 3.05) is 19.7 Å². The van der Waals surface area contributed by atoms with Gasteiger partial charge in [0.25, 0.3) is 0 Å². The number of piperidine rings is 1. The Labute approximate surface area is 100 Å². The molecule has 2 heterocycles. The molecule has 0 saturated carbocycles. The van der Waals surface area contributed by atoms with Crippen LogP contribution in [0.5, 0.6) is 0 Å². The summed E-state index contributed by atoms with van der Waals surface area (Å²) in [4.78, 5) is 1.96. The molecular weight excluding hydrogens is 226 g/mol. The molecule has 0 aromatic carbocycles. The number of hydrogen-bond donors (Lipinski definition) is 4. The number of aliphatic hydroxyl groups excluding tert-OH is 4. The summed E-state index contributed by atoms with van der Waals surface area (Å²) in [5.74, 6) is 0. The standard InChI is InChI=1S/C11H21NO5/c13-6-7-8(14)9(15)10(16)11(17-7)12-4-2-1-3-5-12/h7-11,13-16H,1-6H2/t7-,8+,9+,10-,11+/m0/s1. The van der Waals surface area contributed by atoms with Crippen molar-refractivity contribution in [2.24, 2.45) is 0 Å². The smallest absolute Gasteiger partial charge is 0.140 e. The van der Waals surface area contributed by atoms with Crippen molar-refractivity contribution in [3.8, 4) is 0 Å². The van der Waals surface area contributed by atoms with Crippen LogP contribution in [0, 0.1) is 0 Å². The Balaban J connectivity index is 2.04. The molecule has 6 heteroatoms. The molecule has 100 valence electrons. The first kappa shape index (κ1) is 13.2. The topological polar surface area (TPSA) is 93.4 Å². The summed E-state index contributed by atoms with van der Waals surface area (Å²) in [5.41, 5.74) is 0. The van der Waals surface area contributed by atoms with Gasteiger partial charge >= 0.3 is 0 Å². The van der Waals surface area contributed by atoms with Crippen molar-refractivity contribution < 1.29 is 25.2 Å². The molecule has 2 aliphatic rings. The highest BCUT2D eigenvalue weighted by atomic mass is 16.6. The van der Waals surface area contributed by atoms with Crippen LogP contribution >= 0.6 is 0 Å². The molecule has 17 heavy (non-hydrogen) atoms. The van der Waals surface area contributed by atoms with E-state index in [2.05, 4.69) is 0 Å². The van der Waals surface area contributed by atoms with Crippen LogP contribution in [0.4, 0.5) is 0 Å². The van der Waals surface area contributed by atoms with Gasteiger partial charge in [-0.2, -0.15) is 0 Å². The van der Waals surface area contributed by atoms with Crippen LogP contribution in [-0.2, 0) is 4.74 Å². The Hall–Kier alpha value is -0.240. The van der Waals surface area contributed by atoms with E-state index in [1.807, 2.05) is 4.90 Å². The number of likely N-dealkylation sites (tertiary alicyclic amines) is 1. The predicted octanol–water partition coefficient (Wildman–Crippen LogP) is -1.73. The molecule has 0 aliphatic carbocycles. The second kappa shape index (κ2) is 5.60. The number of nitrogens with zero attached hydrogens (tertiary/aromatic N) is 1. The first-order chi connectivity index (χ1) is 8.15. The highest BCUT2D eigenvalue weighted by molar-refractivity contribution is 4.92. The summed E-state index contributed by atoms with van der Waals surface area (Å²) in [6, 6.07) is 0. The molecule has 6 nitrogen and oxygen atoms in total. The van der Waals surface area contributed by atoms with E-state index in [-0.39, 0.29) is 6.61 Å². The van der Waals surface area contributed by atoms with Gasteiger partial charge in [0.05, 0.1) is 6.61 Å². The Morgan fingerprint density at radius 1 is 0.941 bits per heavy atom. The van der Waals surface area contributed by atoms with Crippen LogP contribution in [0.3, 0.4) is 0 Å². The maximum absolute atomic E-state index is 9.92. The summed E-state index contributed by atoms with van der Waals surface area (Å²) in [7, 11) is 0. The molecule has 2 rings (SSSR count). The lowest BCUT2D eigenvalue weighted by molar-refractivity contribution is -0.266. The molecule has 0 aromatic rings. The largest absolute Gasteiger partial charge is 0.394 e. The van der Waals surface area contributed by atoms with Crippen molar-refractivity contribution >= 4 is 0 Å². The van der Waals surface area contributed by atoms with Crippen LogP contribution in [0.2, 0.25) is 0 Å². The first-order valence-electron chi connectivity index (χ1n) is 6.19. The summed E-state index contributed by atoms with van der Waals surface area (Å²) in [6.45, 7) is 1.25. The summed E-state index contributed by atoms with van der Waals surface area (Å²) in [5, 5.41) is 38.3. The van der Waals surface area contributed by atoms with Crippen molar-refractivity contribution in [2.45, 2.75) is 49.9 Å². The van der Waals surface area contributed by atoms with Crippen LogP contribution in [-0.4, -0.2) is 75.7 Å². The quantitative estimate of drug-likeness (QED) is 0.463. The highest BCUT2D eigenvalue weighted by Gasteiger charge is 2.45. The Morgan fingerprint density at radius 2 is 1.59 bits per heavy atom. The van der Waals surface area contributed by atoms with Crippen LogP contribution in [0.15, 0.2) is 0 Å². The molecule has 0 spiro atoms. The zero-order valence-corrected chi connectivity index (χ0v) is 9.77. The average molecular weight is 247 g/mol. The third kappa shape index (κ3) is 2.62. The van der Waals surface area contributed by atoms with E-state index in [9.17, 15) is 15.3 Å². The van der Waals surface area contributed by atoms with Gasteiger partial charge in [-0.25, -0.2) is 0 Å². The van der Waals surface area contributed by atoms with Crippen molar-refractivity contribution in [3.05, 3.63) is 0 Å². The Kier molecular flexibility index (Phi) is 4.35. The van der Waals surface area contributed by atoms with Gasteiger partial charge in [-0.15, -0.1) is 0 Å². The highest BCUT2D eigenvalue weighted by Crippen LogP contribution is 2.25. The minimum absolute atomic E-state index is 0.366. The molecule has 0 unspecified atom stereocenters. The SMILES string of the molecule is OC[C@@H]1O[C@@H](N2CCCCC2)[C@@H](O)[C@H](O)[C@@H]1O. The predicted molar refractivity (Wildman–Crippen MR) is 59.2 cm³/mol. The molecule has 2 saturated heterocycles. The molecular formula is C11H21NO5. The molecule has 0 radical (unpaired) electrons. The van der Waals surface area contributed by atoms with E-state index in [1.165, 1.54) is 0 Å². The molecule has 0 aromatic heterocycles. The van der Waals surface area contributed by atoms with E-state index in [0.29, 0.717) is 0 Å². The number of rotatable bonds is 2. The van der Waals surface area contributed by atoms with Crippen LogP contribution < -0.4 is 0 Å². The molecule has 0 amide bonds. The molecule has 5 atom stereocenters. The maximum atomic E-state index is 9.92. The zero-order valence-electron chi connectivity index (χ0n) is 9.77. The number of hydrogen-bond acceptors (Lipinski definition) is 6. The fourth-order valence-corrected chi connectivity index (χ4v) is 2.56. The normalized spacial score (nSPS) is 44.8. The second-order valence-electron chi connectivity index (χ2n) is 4.82. The molecule has 4 N–H and O–H groups in total. The van der Waals surface area contributed by atoms with E-state index in [0.717, 1.165) is 32.4 Å². The Morgan fingerprint density at radius 3 is 2.18 bits per heavy atom. The lowest BCUT2D eigenvalue weighted by Crippen LogP contribution is -2.63. The van der Waals surface area contributed by atoms with Gasteiger partial charge in [0.15, 0.2) is 0 Å². The second-order valence-corrected chi connectivity index (χ2v) is 4.82. The van der Waals surface area contributed by atoms with E-state index in [1.54, 1.807) is 0 Å².